The second-order valence-corrected chi connectivity index (χ2v) is 5.41. The Bertz CT molecular complexity index is 670. The van der Waals surface area contributed by atoms with E-state index >= 15 is 0 Å². The fourth-order valence-corrected chi connectivity index (χ4v) is 2.48. The SMILES string of the molecule is Cc1cccc(N(Cc2ccncc2)Cc2ccncc2)c1. The molecular weight excluding hydrogens is 270 g/mol. The van der Waals surface area contributed by atoms with Gasteiger partial charge in [-0.15, -0.1) is 0 Å². The molecule has 0 aliphatic carbocycles. The molecule has 0 N–H and O–H groups in total. The van der Waals surface area contributed by atoms with Crippen molar-refractivity contribution in [2.24, 2.45) is 0 Å². The highest BCUT2D eigenvalue weighted by Crippen LogP contribution is 2.21. The third-order valence-electron chi connectivity index (χ3n) is 3.61. The van der Waals surface area contributed by atoms with Crippen LogP contribution in [-0.2, 0) is 13.1 Å². The summed E-state index contributed by atoms with van der Waals surface area (Å²) in [5, 5.41) is 0. The summed E-state index contributed by atoms with van der Waals surface area (Å²) in [5.74, 6) is 0. The predicted molar refractivity (Wildman–Crippen MR) is 89.5 cm³/mol. The fraction of sp³-hybridized carbons (Fsp3) is 0.158. The summed E-state index contributed by atoms with van der Waals surface area (Å²) in [6, 6.07) is 16.9. The first-order chi connectivity index (χ1) is 10.8. The lowest BCUT2D eigenvalue weighted by molar-refractivity contribution is 0.797. The van der Waals surface area contributed by atoms with Crippen LogP contribution in [0.3, 0.4) is 0 Å². The van der Waals surface area contributed by atoms with E-state index in [2.05, 4.69) is 70.3 Å². The predicted octanol–water partition coefficient (Wildman–Crippen LogP) is 3.99. The molecule has 0 saturated carbocycles. The second-order valence-electron chi connectivity index (χ2n) is 5.41. The van der Waals surface area contributed by atoms with Gasteiger partial charge in [0.15, 0.2) is 0 Å². The number of anilines is 1. The molecule has 2 heterocycles. The average Bonchev–Trinajstić information content (AvgIpc) is 2.56. The molecule has 3 aromatic rings. The normalized spacial score (nSPS) is 10.4. The van der Waals surface area contributed by atoms with Crippen LogP contribution in [0.4, 0.5) is 5.69 Å². The maximum absolute atomic E-state index is 4.10. The summed E-state index contributed by atoms with van der Waals surface area (Å²) in [4.78, 5) is 10.6. The van der Waals surface area contributed by atoms with Gasteiger partial charge in [-0.25, -0.2) is 0 Å². The molecule has 0 aliphatic heterocycles. The van der Waals surface area contributed by atoms with Gasteiger partial charge in [-0.3, -0.25) is 9.97 Å². The Morgan fingerprint density at radius 3 is 1.82 bits per heavy atom. The van der Waals surface area contributed by atoms with Crippen LogP contribution in [0.2, 0.25) is 0 Å². The zero-order valence-electron chi connectivity index (χ0n) is 12.7. The van der Waals surface area contributed by atoms with E-state index in [4.69, 9.17) is 0 Å². The lowest BCUT2D eigenvalue weighted by atomic mass is 10.1. The fourth-order valence-electron chi connectivity index (χ4n) is 2.48. The minimum Gasteiger partial charge on any atom is -0.363 e. The van der Waals surface area contributed by atoms with Crippen LogP contribution >= 0.6 is 0 Å². The van der Waals surface area contributed by atoms with E-state index in [0.717, 1.165) is 13.1 Å². The van der Waals surface area contributed by atoms with E-state index in [-0.39, 0.29) is 0 Å². The Hall–Kier alpha value is -2.68. The number of hydrogen-bond acceptors (Lipinski definition) is 3. The number of hydrogen-bond donors (Lipinski definition) is 0. The number of aryl methyl sites for hydroxylation is 1. The van der Waals surface area contributed by atoms with Crippen LogP contribution in [0.15, 0.2) is 73.3 Å². The van der Waals surface area contributed by atoms with Crippen molar-refractivity contribution in [2.45, 2.75) is 20.0 Å². The van der Waals surface area contributed by atoms with Crippen molar-refractivity contribution in [1.29, 1.82) is 0 Å². The zero-order chi connectivity index (χ0) is 15.2. The first kappa shape index (κ1) is 14.3. The van der Waals surface area contributed by atoms with Crippen LogP contribution in [0.5, 0.6) is 0 Å². The highest BCUT2D eigenvalue weighted by atomic mass is 15.1. The Labute approximate surface area is 131 Å². The molecule has 22 heavy (non-hydrogen) atoms. The van der Waals surface area contributed by atoms with Crippen LogP contribution in [0.25, 0.3) is 0 Å². The van der Waals surface area contributed by atoms with Gasteiger partial charge < -0.3 is 4.90 Å². The van der Waals surface area contributed by atoms with E-state index < -0.39 is 0 Å². The summed E-state index contributed by atoms with van der Waals surface area (Å²) in [6.45, 7) is 3.84. The minimum absolute atomic E-state index is 0.855. The Morgan fingerprint density at radius 2 is 1.32 bits per heavy atom. The average molecular weight is 289 g/mol. The summed E-state index contributed by atoms with van der Waals surface area (Å²) in [5.41, 5.74) is 5.01. The van der Waals surface area contributed by atoms with Crippen molar-refractivity contribution in [1.82, 2.24) is 9.97 Å². The van der Waals surface area contributed by atoms with Crippen molar-refractivity contribution in [2.75, 3.05) is 4.90 Å². The molecule has 0 saturated heterocycles. The molecule has 0 aliphatic rings. The van der Waals surface area contributed by atoms with Crippen LogP contribution in [0, 0.1) is 6.92 Å². The number of rotatable bonds is 5. The molecular formula is C19H19N3. The van der Waals surface area contributed by atoms with E-state index in [1.807, 2.05) is 24.8 Å². The molecule has 3 nitrogen and oxygen atoms in total. The van der Waals surface area contributed by atoms with Crippen molar-refractivity contribution in [3.63, 3.8) is 0 Å². The second kappa shape index (κ2) is 6.85. The van der Waals surface area contributed by atoms with Crippen molar-refractivity contribution < 1.29 is 0 Å². The lowest BCUT2D eigenvalue weighted by Gasteiger charge is -2.25. The van der Waals surface area contributed by atoms with E-state index in [1.54, 1.807) is 0 Å². The standard InChI is InChI=1S/C19H19N3/c1-16-3-2-4-19(13-16)22(14-17-5-9-20-10-6-17)15-18-7-11-21-12-8-18/h2-13H,14-15H2,1H3. The third kappa shape index (κ3) is 3.70. The molecule has 2 aromatic heterocycles. The summed E-state index contributed by atoms with van der Waals surface area (Å²) >= 11 is 0. The van der Waals surface area contributed by atoms with Gasteiger partial charge in [0.25, 0.3) is 0 Å². The summed E-state index contributed by atoms with van der Waals surface area (Å²) < 4.78 is 0. The van der Waals surface area contributed by atoms with Gasteiger partial charge in [-0.05, 0) is 60.0 Å². The Balaban J connectivity index is 1.88. The first-order valence-corrected chi connectivity index (χ1v) is 7.41. The summed E-state index contributed by atoms with van der Waals surface area (Å²) in [6.07, 6.45) is 7.37. The minimum atomic E-state index is 0.855. The number of aromatic nitrogens is 2. The number of pyridine rings is 2. The van der Waals surface area contributed by atoms with Gasteiger partial charge in [0.2, 0.25) is 0 Å². The largest absolute Gasteiger partial charge is 0.363 e. The molecule has 0 radical (unpaired) electrons. The molecule has 110 valence electrons. The van der Waals surface area contributed by atoms with Crippen molar-refractivity contribution in [3.8, 4) is 0 Å². The van der Waals surface area contributed by atoms with Gasteiger partial charge in [0.05, 0.1) is 0 Å². The molecule has 0 amide bonds. The maximum Gasteiger partial charge on any atom is 0.0434 e. The number of benzene rings is 1. The summed E-state index contributed by atoms with van der Waals surface area (Å²) in [7, 11) is 0. The van der Waals surface area contributed by atoms with Crippen LogP contribution in [0.1, 0.15) is 16.7 Å². The monoisotopic (exact) mass is 289 g/mol. The van der Waals surface area contributed by atoms with Crippen LogP contribution in [-0.4, -0.2) is 9.97 Å². The highest BCUT2D eigenvalue weighted by molar-refractivity contribution is 5.49. The van der Waals surface area contributed by atoms with E-state index in [1.165, 1.54) is 22.4 Å². The molecule has 3 rings (SSSR count). The molecule has 0 bridgehead atoms. The number of nitrogens with zero attached hydrogens (tertiary/aromatic N) is 3. The highest BCUT2D eigenvalue weighted by Gasteiger charge is 2.08. The Kier molecular flexibility index (Phi) is 4.44. The zero-order valence-corrected chi connectivity index (χ0v) is 12.7. The van der Waals surface area contributed by atoms with Crippen molar-refractivity contribution >= 4 is 5.69 Å². The van der Waals surface area contributed by atoms with Gasteiger partial charge in [-0.1, -0.05) is 12.1 Å². The van der Waals surface area contributed by atoms with Crippen molar-refractivity contribution in [3.05, 3.63) is 90.0 Å². The molecule has 0 atom stereocenters. The lowest BCUT2D eigenvalue weighted by Crippen LogP contribution is -2.22. The topological polar surface area (TPSA) is 29.0 Å². The van der Waals surface area contributed by atoms with Gasteiger partial charge in [0, 0.05) is 43.6 Å². The molecule has 3 heteroatoms. The smallest absolute Gasteiger partial charge is 0.0434 e. The third-order valence-corrected chi connectivity index (χ3v) is 3.61. The Morgan fingerprint density at radius 1 is 0.773 bits per heavy atom. The molecule has 0 unspecified atom stereocenters. The first-order valence-electron chi connectivity index (χ1n) is 7.41. The molecule has 0 fully saturated rings. The van der Waals surface area contributed by atoms with Gasteiger partial charge in [0.1, 0.15) is 0 Å². The molecule has 1 aromatic carbocycles. The van der Waals surface area contributed by atoms with Crippen LogP contribution < -0.4 is 4.90 Å². The van der Waals surface area contributed by atoms with E-state index in [0.29, 0.717) is 0 Å². The van der Waals surface area contributed by atoms with Gasteiger partial charge in [-0.2, -0.15) is 0 Å². The van der Waals surface area contributed by atoms with Gasteiger partial charge >= 0.3 is 0 Å². The van der Waals surface area contributed by atoms with E-state index in [9.17, 15) is 0 Å². The molecule has 0 spiro atoms. The maximum atomic E-state index is 4.10. The quantitative estimate of drug-likeness (QED) is 0.711.